The molecule has 0 fully saturated rings. The van der Waals surface area contributed by atoms with E-state index in [1.54, 1.807) is 13.3 Å². The number of rotatable bonds is 1. The van der Waals surface area contributed by atoms with Crippen LogP contribution in [0.1, 0.15) is 26.3 Å². The van der Waals surface area contributed by atoms with Crippen LogP contribution in [0.15, 0.2) is 23.3 Å². The van der Waals surface area contributed by atoms with Crippen LogP contribution >= 0.6 is 22.9 Å². The zero-order chi connectivity index (χ0) is 14.3. The zero-order valence-corrected chi connectivity index (χ0v) is 13.5. The van der Waals surface area contributed by atoms with Crippen molar-refractivity contribution in [2.24, 2.45) is 5.10 Å². The van der Waals surface area contributed by atoms with E-state index in [1.165, 1.54) is 0 Å². The maximum atomic E-state index is 12.3. The Morgan fingerprint density at radius 2 is 2.05 bits per heavy atom. The molecule has 0 spiro atoms. The Morgan fingerprint density at radius 3 is 2.63 bits per heavy atom. The molecular weight excluding hydrogens is 359 g/mol. The van der Waals surface area contributed by atoms with E-state index in [2.05, 4.69) is 5.10 Å². The van der Waals surface area contributed by atoms with Gasteiger partial charge in [0.1, 0.15) is 11.4 Å². The molecule has 0 saturated carbocycles. The van der Waals surface area contributed by atoms with Gasteiger partial charge in [-0.3, -0.25) is 0 Å². The fourth-order valence-corrected chi connectivity index (χ4v) is 2.37. The molecule has 1 heterocycles. The molecule has 0 bridgehead atoms. The molecule has 0 N–H and O–H groups in total. The number of hydrogen-bond acceptors (Lipinski definition) is 4. The third-order valence-electron chi connectivity index (χ3n) is 2.55. The lowest BCUT2D eigenvalue weighted by Crippen LogP contribution is -2.42. The van der Waals surface area contributed by atoms with Crippen LogP contribution < -0.4 is 7.54 Å². The lowest BCUT2D eigenvalue weighted by atomic mass is 10.2. The number of benzene rings is 1. The van der Waals surface area contributed by atoms with E-state index < -0.39 is 11.7 Å². The van der Waals surface area contributed by atoms with Crippen LogP contribution in [-0.4, -0.2) is 25.0 Å². The first-order chi connectivity index (χ1) is 8.76. The summed E-state index contributed by atoms with van der Waals surface area (Å²) in [6.07, 6.45) is 1.25. The Kier molecular flexibility index (Phi) is 3.57. The highest BCUT2D eigenvalue weighted by molar-refractivity contribution is 14.1. The maximum Gasteiger partial charge on any atom is 0.557 e. The average Bonchev–Trinajstić information content (AvgIpc) is 2.66. The molecule has 1 unspecified atom stereocenters. The zero-order valence-electron chi connectivity index (χ0n) is 11.3. The number of quaternary nitrogens is 1. The van der Waals surface area contributed by atoms with Crippen molar-refractivity contribution in [1.29, 1.82) is 0 Å². The second kappa shape index (κ2) is 4.75. The van der Waals surface area contributed by atoms with Crippen molar-refractivity contribution in [1.82, 2.24) is 2.81 Å². The van der Waals surface area contributed by atoms with Crippen LogP contribution in [-0.2, 0) is 4.74 Å². The van der Waals surface area contributed by atoms with Crippen molar-refractivity contribution in [2.75, 3.05) is 7.11 Å². The molecule has 0 aliphatic carbocycles. The summed E-state index contributed by atoms with van der Waals surface area (Å²) in [6, 6.07) is 5.49. The van der Waals surface area contributed by atoms with E-state index in [1.807, 2.05) is 61.8 Å². The van der Waals surface area contributed by atoms with Gasteiger partial charge in [-0.15, -0.1) is 0 Å². The second-order valence-electron chi connectivity index (χ2n) is 5.21. The van der Waals surface area contributed by atoms with Crippen molar-refractivity contribution < 1.29 is 14.3 Å². The SMILES string of the molecule is COc1ccc2c(c1)C=N[N+]2(I)C(=O)OC(C)(C)C. The van der Waals surface area contributed by atoms with E-state index in [0.29, 0.717) is 0 Å². The van der Waals surface area contributed by atoms with Gasteiger partial charge in [0.15, 0.2) is 5.69 Å². The number of halogens is 1. The van der Waals surface area contributed by atoms with Crippen molar-refractivity contribution in [3.63, 3.8) is 0 Å². The lowest BCUT2D eigenvalue weighted by molar-refractivity contribution is 0.0440. The number of hydrogen-bond donors (Lipinski definition) is 0. The fourth-order valence-electron chi connectivity index (χ4n) is 1.70. The van der Waals surface area contributed by atoms with Gasteiger partial charge in [-0.05, 0) is 35.7 Å². The monoisotopic (exact) mass is 375 g/mol. The van der Waals surface area contributed by atoms with E-state index >= 15 is 0 Å². The van der Waals surface area contributed by atoms with Crippen molar-refractivity contribution in [2.45, 2.75) is 26.4 Å². The van der Waals surface area contributed by atoms with Gasteiger partial charge in [0.2, 0.25) is 0 Å². The van der Waals surface area contributed by atoms with Gasteiger partial charge in [-0.25, -0.2) is 0 Å². The van der Waals surface area contributed by atoms with Gasteiger partial charge in [0, 0.05) is 6.07 Å². The molecule has 102 valence electrons. The minimum Gasteiger partial charge on any atom is -0.497 e. The Hall–Kier alpha value is -1.15. The van der Waals surface area contributed by atoms with Gasteiger partial charge in [-0.1, -0.05) is 5.10 Å². The van der Waals surface area contributed by atoms with Gasteiger partial charge in [-0.2, -0.15) is 4.79 Å². The summed E-state index contributed by atoms with van der Waals surface area (Å²) in [6.45, 7) is 5.51. The molecule has 5 nitrogen and oxygen atoms in total. The molecule has 19 heavy (non-hydrogen) atoms. The van der Waals surface area contributed by atoms with Crippen LogP contribution in [0.2, 0.25) is 0 Å². The summed E-state index contributed by atoms with van der Waals surface area (Å²) in [5, 5.41) is 4.26. The highest BCUT2D eigenvalue weighted by Crippen LogP contribution is 2.39. The highest BCUT2D eigenvalue weighted by atomic mass is 127. The Labute approximate surface area is 126 Å². The van der Waals surface area contributed by atoms with E-state index in [4.69, 9.17) is 9.47 Å². The second-order valence-corrected chi connectivity index (χ2v) is 6.60. The van der Waals surface area contributed by atoms with Gasteiger partial charge in [0.25, 0.3) is 22.9 Å². The van der Waals surface area contributed by atoms with Crippen molar-refractivity contribution >= 4 is 40.9 Å². The predicted molar refractivity (Wildman–Crippen MR) is 82.6 cm³/mol. The first kappa shape index (κ1) is 14.3. The largest absolute Gasteiger partial charge is 0.557 e. The van der Waals surface area contributed by atoms with Crippen LogP contribution in [0.4, 0.5) is 10.5 Å². The van der Waals surface area contributed by atoms with Gasteiger partial charge in [0.05, 0.1) is 18.9 Å². The van der Waals surface area contributed by atoms with Crippen LogP contribution in [0, 0.1) is 0 Å². The van der Waals surface area contributed by atoms with Crippen LogP contribution in [0.5, 0.6) is 5.75 Å². The van der Waals surface area contributed by atoms with E-state index in [9.17, 15) is 4.79 Å². The molecule has 0 radical (unpaired) electrons. The molecule has 1 aromatic carbocycles. The van der Waals surface area contributed by atoms with Gasteiger partial charge < -0.3 is 9.47 Å². The number of carbonyl (C=O) groups excluding carboxylic acids is 1. The summed E-state index contributed by atoms with van der Waals surface area (Å²) in [4.78, 5) is 12.3. The molecular formula is C13H16IN2O3+. The third kappa shape index (κ3) is 2.74. The van der Waals surface area contributed by atoms with Crippen molar-refractivity contribution in [3.8, 4) is 5.75 Å². The number of carbonyl (C=O) groups is 1. The minimum absolute atomic E-state index is 0.256. The fraction of sp³-hybridized carbons (Fsp3) is 0.385. The smallest absolute Gasteiger partial charge is 0.497 e. The summed E-state index contributed by atoms with van der Waals surface area (Å²) in [5.41, 5.74) is 1.09. The summed E-state index contributed by atoms with van der Waals surface area (Å²) in [7, 11) is 1.61. The maximum absolute atomic E-state index is 12.3. The van der Waals surface area contributed by atoms with E-state index in [-0.39, 0.29) is 2.81 Å². The Morgan fingerprint density at radius 1 is 1.37 bits per heavy atom. The lowest BCUT2D eigenvalue weighted by Gasteiger charge is -2.23. The topological polar surface area (TPSA) is 47.9 Å². The number of ether oxygens (including phenoxy) is 2. The van der Waals surface area contributed by atoms with Gasteiger partial charge >= 0.3 is 6.09 Å². The first-order valence-electron chi connectivity index (χ1n) is 5.83. The molecule has 1 atom stereocenters. The number of fused-ring (bicyclic) bond motifs is 1. The van der Waals surface area contributed by atoms with E-state index in [0.717, 1.165) is 17.0 Å². The molecule has 1 aromatic rings. The molecule has 2 rings (SSSR count). The summed E-state index contributed by atoms with van der Waals surface area (Å²) < 4.78 is 10.3. The Balaban J connectivity index is 2.35. The first-order valence-corrected chi connectivity index (χ1v) is 6.79. The molecule has 6 heteroatoms. The molecule has 1 aliphatic heterocycles. The standard InChI is InChI=1S/C13H16IN2O3/c1-13(2,3)19-12(17)16(14)11-6-5-10(18-4)7-9(11)8-15-16/h5-8H,1-4H3/q+1. The number of amides is 1. The molecule has 1 amide bonds. The van der Waals surface area contributed by atoms with Crippen LogP contribution in [0.3, 0.4) is 0 Å². The summed E-state index contributed by atoms with van der Waals surface area (Å²) in [5.74, 6) is 0.735. The average molecular weight is 375 g/mol. The van der Waals surface area contributed by atoms with Crippen molar-refractivity contribution in [3.05, 3.63) is 23.8 Å². The highest BCUT2D eigenvalue weighted by Gasteiger charge is 2.47. The normalized spacial score (nSPS) is 21.1. The van der Waals surface area contributed by atoms with Crippen LogP contribution in [0.25, 0.3) is 0 Å². The Bertz CT molecular complexity index is 551. The molecule has 0 saturated heterocycles. The number of nitrogens with zero attached hydrogens (tertiary/aromatic N) is 2. The molecule has 1 aliphatic rings. The predicted octanol–water partition coefficient (Wildman–Crippen LogP) is 3.64. The summed E-state index contributed by atoms with van der Waals surface area (Å²) >= 11 is 1.97. The molecule has 0 aromatic heterocycles. The third-order valence-corrected chi connectivity index (χ3v) is 3.71. The number of methoxy groups -OCH3 is 1. The minimum atomic E-state index is -0.543. The quantitative estimate of drug-likeness (QED) is 0.556.